The van der Waals surface area contributed by atoms with Crippen molar-refractivity contribution in [2.75, 3.05) is 24.6 Å². The SMILES string of the molecule is CC(=O)N1CCc2cc(C(=O)NCCc3ccc(OCC(=O)O)cc3)ccc21. The molecule has 3 rings (SSSR count). The van der Waals surface area contributed by atoms with Crippen LogP contribution in [0.1, 0.15) is 28.4 Å². The van der Waals surface area contributed by atoms with E-state index in [9.17, 15) is 14.4 Å². The summed E-state index contributed by atoms with van der Waals surface area (Å²) in [5, 5.41) is 11.5. The quantitative estimate of drug-likeness (QED) is 0.764. The lowest BCUT2D eigenvalue weighted by Crippen LogP contribution is -2.26. The third-order valence-electron chi connectivity index (χ3n) is 4.60. The van der Waals surface area contributed by atoms with Gasteiger partial charge >= 0.3 is 5.97 Å². The number of nitrogens with one attached hydrogen (secondary N) is 1. The number of rotatable bonds is 7. The Morgan fingerprint density at radius 3 is 2.57 bits per heavy atom. The number of nitrogens with zero attached hydrogens (tertiary/aromatic N) is 1. The van der Waals surface area contributed by atoms with Crippen LogP contribution in [0, 0.1) is 0 Å². The molecular weight excluding hydrogens is 360 g/mol. The fourth-order valence-corrected chi connectivity index (χ4v) is 3.19. The third-order valence-corrected chi connectivity index (χ3v) is 4.60. The minimum Gasteiger partial charge on any atom is -0.482 e. The standard InChI is InChI=1S/C21H22N2O5/c1-14(24)23-11-9-16-12-17(4-7-19(16)23)21(27)22-10-8-15-2-5-18(6-3-15)28-13-20(25)26/h2-7,12H,8-11,13H2,1H3,(H,22,27)(H,25,26). The lowest BCUT2D eigenvalue weighted by molar-refractivity contribution is -0.139. The third kappa shape index (κ3) is 4.68. The number of aliphatic carboxylic acids is 1. The van der Waals surface area contributed by atoms with E-state index in [1.165, 1.54) is 0 Å². The van der Waals surface area contributed by atoms with E-state index in [1.54, 1.807) is 30.0 Å². The molecule has 0 unspecified atom stereocenters. The van der Waals surface area contributed by atoms with Crippen molar-refractivity contribution in [2.45, 2.75) is 19.8 Å². The first-order valence-corrected chi connectivity index (χ1v) is 9.07. The van der Waals surface area contributed by atoms with Crippen molar-refractivity contribution in [1.29, 1.82) is 0 Å². The van der Waals surface area contributed by atoms with Crippen LogP contribution in [0.3, 0.4) is 0 Å². The second-order valence-electron chi connectivity index (χ2n) is 6.60. The number of carbonyl (C=O) groups excluding carboxylic acids is 2. The van der Waals surface area contributed by atoms with Crippen molar-refractivity contribution >= 4 is 23.5 Å². The molecule has 1 aliphatic heterocycles. The minimum atomic E-state index is -1.02. The van der Waals surface area contributed by atoms with Gasteiger partial charge in [-0.3, -0.25) is 9.59 Å². The molecule has 2 N–H and O–H groups in total. The zero-order chi connectivity index (χ0) is 20.1. The van der Waals surface area contributed by atoms with Gasteiger partial charge in [0.15, 0.2) is 6.61 Å². The predicted molar refractivity (Wildman–Crippen MR) is 104 cm³/mol. The van der Waals surface area contributed by atoms with E-state index >= 15 is 0 Å². The summed E-state index contributed by atoms with van der Waals surface area (Å²) in [7, 11) is 0. The molecule has 2 aromatic carbocycles. The Balaban J connectivity index is 1.51. The maximum absolute atomic E-state index is 12.4. The molecule has 1 aliphatic rings. The number of amides is 2. The van der Waals surface area contributed by atoms with E-state index in [-0.39, 0.29) is 18.4 Å². The van der Waals surface area contributed by atoms with Crippen molar-refractivity contribution in [3.63, 3.8) is 0 Å². The van der Waals surface area contributed by atoms with Crippen molar-refractivity contribution in [3.8, 4) is 5.75 Å². The van der Waals surface area contributed by atoms with Gasteiger partial charge in [0.05, 0.1) is 0 Å². The van der Waals surface area contributed by atoms with Gasteiger partial charge in [-0.05, 0) is 54.3 Å². The highest BCUT2D eigenvalue weighted by atomic mass is 16.5. The molecular formula is C21H22N2O5. The number of carbonyl (C=O) groups is 3. The monoisotopic (exact) mass is 382 g/mol. The molecule has 0 atom stereocenters. The van der Waals surface area contributed by atoms with Gasteiger partial charge in [-0.1, -0.05) is 12.1 Å². The van der Waals surface area contributed by atoms with E-state index in [1.807, 2.05) is 24.3 Å². The maximum Gasteiger partial charge on any atom is 0.341 e. The second kappa shape index (κ2) is 8.56. The largest absolute Gasteiger partial charge is 0.482 e. The molecule has 0 fully saturated rings. The molecule has 0 saturated heterocycles. The molecule has 1 heterocycles. The topological polar surface area (TPSA) is 95.9 Å². The Kier molecular flexibility index (Phi) is 5.93. The Bertz CT molecular complexity index is 892. The first-order valence-electron chi connectivity index (χ1n) is 9.07. The Labute approximate surface area is 162 Å². The summed E-state index contributed by atoms with van der Waals surface area (Å²) in [6.45, 7) is 2.30. The smallest absolute Gasteiger partial charge is 0.341 e. The van der Waals surface area contributed by atoms with Crippen LogP contribution in [-0.2, 0) is 22.4 Å². The summed E-state index contributed by atoms with van der Waals surface area (Å²) in [4.78, 5) is 36.2. The summed E-state index contributed by atoms with van der Waals surface area (Å²) in [5.74, 6) is -0.666. The van der Waals surface area contributed by atoms with Gasteiger partial charge in [0.1, 0.15) is 5.75 Å². The van der Waals surface area contributed by atoms with Crippen LogP contribution in [0.4, 0.5) is 5.69 Å². The van der Waals surface area contributed by atoms with Gasteiger partial charge in [-0.15, -0.1) is 0 Å². The molecule has 146 valence electrons. The molecule has 0 radical (unpaired) electrons. The average Bonchev–Trinajstić information content (AvgIpc) is 3.10. The molecule has 2 amide bonds. The number of anilines is 1. The van der Waals surface area contributed by atoms with Crippen LogP contribution in [0.15, 0.2) is 42.5 Å². The van der Waals surface area contributed by atoms with E-state index in [4.69, 9.17) is 9.84 Å². The Hall–Kier alpha value is -3.35. The van der Waals surface area contributed by atoms with Crippen LogP contribution in [0.5, 0.6) is 5.75 Å². The average molecular weight is 382 g/mol. The summed E-state index contributed by atoms with van der Waals surface area (Å²) < 4.78 is 5.09. The molecule has 28 heavy (non-hydrogen) atoms. The lowest BCUT2D eigenvalue weighted by Gasteiger charge is -2.14. The summed E-state index contributed by atoms with van der Waals surface area (Å²) in [6.07, 6.45) is 1.40. The molecule has 0 spiro atoms. The molecule has 0 aromatic heterocycles. The van der Waals surface area contributed by atoms with Gasteiger partial charge < -0.3 is 20.1 Å². The van der Waals surface area contributed by atoms with Crippen molar-refractivity contribution in [3.05, 3.63) is 59.2 Å². The first kappa shape index (κ1) is 19.4. The van der Waals surface area contributed by atoms with Crippen molar-refractivity contribution in [1.82, 2.24) is 5.32 Å². The van der Waals surface area contributed by atoms with Gasteiger partial charge in [0.25, 0.3) is 5.91 Å². The molecule has 7 heteroatoms. The minimum absolute atomic E-state index is 0.00957. The number of carboxylic acid groups (broad SMARTS) is 1. The number of fused-ring (bicyclic) bond motifs is 1. The second-order valence-corrected chi connectivity index (χ2v) is 6.60. The molecule has 2 aromatic rings. The van der Waals surface area contributed by atoms with Crippen LogP contribution in [-0.4, -0.2) is 42.6 Å². The van der Waals surface area contributed by atoms with Crippen molar-refractivity contribution < 1.29 is 24.2 Å². The summed E-state index contributed by atoms with van der Waals surface area (Å²) in [6, 6.07) is 12.5. The van der Waals surface area contributed by atoms with Crippen LogP contribution in [0.2, 0.25) is 0 Å². The lowest BCUT2D eigenvalue weighted by atomic mass is 10.1. The van der Waals surface area contributed by atoms with E-state index in [2.05, 4.69) is 5.32 Å². The highest BCUT2D eigenvalue weighted by molar-refractivity contribution is 5.97. The maximum atomic E-state index is 12.4. The van der Waals surface area contributed by atoms with E-state index in [0.29, 0.717) is 30.8 Å². The summed E-state index contributed by atoms with van der Waals surface area (Å²) in [5.41, 5.74) is 3.49. The number of hydrogen-bond acceptors (Lipinski definition) is 4. The zero-order valence-electron chi connectivity index (χ0n) is 15.6. The first-order chi connectivity index (χ1) is 13.4. The van der Waals surface area contributed by atoms with Gasteiger partial charge in [0.2, 0.25) is 5.91 Å². The highest BCUT2D eigenvalue weighted by Crippen LogP contribution is 2.28. The van der Waals surface area contributed by atoms with Gasteiger partial charge in [-0.2, -0.15) is 0 Å². The van der Waals surface area contributed by atoms with Gasteiger partial charge in [0, 0.05) is 31.3 Å². The zero-order valence-corrected chi connectivity index (χ0v) is 15.6. The van der Waals surface area contributed by atoms with Crippen molar-refractivity contribution in [2.24, 2.45) is 0 Å². The fourth-order valence-electron chi connectivity index (χ4n) is 3.19. The summed E-state index contributed by atoms with van der Waals surface area (Å²) >= 11 is 0. The van der Waals surface area contributed by atoms with Crippen LogP contribution < -0.4 is 15.0 Å². The van der Waals surface area contributed by atoms with Gasteiger partial charge in [-0.25, -0.2) is 4.79 Å². The molecule has 0 aliphatic carbocycles. The molecule has 0 saturated carbocycles. The molecule has 7 nitrogen and oxygen atoms in total. The predicted octanol–water partition coefficient (Wildman–Crippen LogP) is 2.03. The highest BCUT2D eigenvalue weighted by Gasteiger charge is 2.23. The number of ether oxygens (including phenoxy) is 1. The van der Waals surface area contributed by atoms with E-state index < -0.39 is 5.97 Å². The van der Waals surface area contributed by atoms with Crippen LogP contribution in [0.25, 0.3) is 0 Å². The number of benzene rings is 2. The normalized spacial score (nSPS) is 12.4. The Morgan fingerprint density at radius 1 is 1.14 bits per heavy atom. The van der Waals surface area contributed by atoms with Crippen LogP contribution >= 0.6 is 0 Å². The number of hydrogen-bond donors (Lipinski definition) is 2. The van der Waals surface area contributed by atoms with E-state index in [0.717, 1.165) is 23.2 Å². The Morgan fingerprint density at radius 2 is 1.89 bits per heavy atom. The molecule has 0 bridgehead atoms. The number of carboxylic acids is 1. The fraction of sp³-hybridized carbons (Fsp3) is 0.286.